The molecule has 0 fully saturated rings. The van der Waals surface area contributed by atoms with Crippen LogP contribution in [0.1, 0.15) is 0 Å². The van der Waals surface area contributed by atoms with E-state index in [1.54, 1.807) is 48.5 Å². The SMILES string of the molecule is O=P(O)(c1ccccc1)c1ccccc1.[Cu]. The number of benzene rings is 2. The predicted octanol–water partition coefficient (Wildman–Crippen LogP) is 1.91. The quantitative estimate of drug-likeness (QED) is 0.674. The molecule has 1 N–H and O–H groups in total. The third-order valence-corrected chi connectivity index (χ3v) is 4.21. The molecule has 0 atom stereocenters. The minimum atomic E-state index is -3.40. The van der Waals surface area contributed by atoms with Gasteiger partial charge in [0.25, 0.3) is 7.37 Å². The summed E-state index contributed by atoms with van der Waals surface area (Å²) in [5, 5.41) is 0.937. The maximum absolute atomic E-state index is 12.2. The molecule has 0 spiro atoms. The average Bonchev–Trinajstić information content (AvgIpc) is 2.31. The molecule has 0 saturated carbocycles. The van der Waals surface area contributed by atoms with E-state index in [9.17, 15) is 9.46 Å². The summed E-state index contributed by atoms with van der Waals surface area (Å²) in [5.74, 6) is 0. The van der Waals surface area contributed by atoms with Crippen molar-refractivity contribution in [2.45, 2.75) is 0 Å². The van der Waals surface area contributed by atoms with Crippen molar-refractivity contribution < 1.29 is 26.5 Å². The van der Waals surface area contributed by atoms with Crippen LogP contribution in [0.5, 0.6) is 0 Å². The molecule has 87 valence electrons. The predicted molar refractivity (Wildman–Crippen MR) is 62.0 cm³/mol. The summed E-state index contributed by atoms with van der Waals surface area (Å²) >= 11 is 0. The fourth-order valence-corrected chi connectivity index (χ4v) is 2.86. The molecule has 2 aromatic carbocycles. The molecule has 2 nitrogen and oxygen atoms in total. The molecule has 2 aromatic rings. The van der Waals surface area contributed by atoms with Crippen molar-refractivity contribution in [1.29, 1.82) is 0 Å². The summed E-state index contributed by atoms with van der Waals surface area (Å²) in [6.07, 6.45) is 0. The molecule has 0 aliphatic rings. The Kier molecular flexibility index (Phi) is 4.52. The van der Waals surface area contributed by atoms with Gasteiger partial charge in [-0.1, -0.05) is 36.4 Å². The number of hydrogen-bond donors (Lipinski definition) is 1. The first kappa shape index (κ1) is 13.2. The van der Waals surface area contributed by atoms with Crippen LogP contribution in [0.4, 0.5) is 0 Å². The molecule has 0 amide bonds. The van der Waals surface area contributed by atoms with Gasteiger partial charge in [0.1, 0.15) is 0 Å². The van der Waals surface area contributed by atoms with E-state index < -0.39 is 7.37 Å². The van der Waals surface area contributed by atoms with Gasteiger partial charge in [-0.05, 0) is 24.3 Å². The van der Waals surface area contributed by atoms with E-state index in [1.165, 1.54) is 0 Å². The zero-order valence-corrected chi connectivity index (χ0v) is 10.2. The summed E-state index contributed by atoms with van der Waals surface area (Å²) in [6, 6.07) is 17.4. The van der Waals surface area contributed by atoms with Crippen molar-refractivity contribution in [3.8, 4) is 0 Å². The first-order valence-electron chi connectivity index (χ1n) is 4.65. The van der Waals surface area contributed by atoms with Crippen LogP contribution in [0.3, 0.4) is 0 Å². The van der Waals surface area contributed by atoms with Gasteiger partial charge in [0.15, 0.2) is 0 Å². The van der Waals surface area contributed by atoms with Crippen LogP contribution in [0.2, 0.25) is 0 Å². The largest absolute Gasteiger partial charge is 0.338 e. The Morgan fingerprint density at radius 3 is 1.38 bits per heavy atom. The van der Waals surface area contributed by atoms with Crippen molar-refractivity contribution in [2.24, 2.45) is 0 Å². The maximum Gasteiger partial charge on any atom is 0.258 e. The molecule has 4 heteroatoms. The summed E-state index contributed by atoms with van der Waals surface area (Å²) in [7, 11) is -3.40. The van der Waals surface area contributed by atoms with Crippen molar-refractivity contribution in [2.75, 3.05) is 0 Å². The van der Waals surface area contributed by atoms with Gasteiger partial charge in [0, 0.05) is 27.7 Å². The third-order valence-electron chi connectivity index (χ3n) is 2.21. The minimum absolute atomic E-state index is 0. The van der Waals surface area contributed by atoms with E-state index in [2.05, 4.69) is 0 Å². The second-order valence-corrected chi connectivity index (χ2v) is 5.43. The van der Waals surface area contributed by atoms with E-state index in [4.69, 9.17) is 0 Å². The number of hydrogen-bond acceptors (Lipinski definition) is 1. The molecule has 1 radical (unpaired) electrons. The van der Waals surface area contributed by atoms with Crippen LogP contribution in [0.25, 0.3) is 0 Å². The van der Waals surface area contributed by atoms with E-state index in [-0.39, 0.29) is 17.1 Å². The second-order valence-electron chi connectivity index (χ2n) is 3.25. The smallest absolute Gasteiger partial charge is 0.258 e. The zero-order valence-electron chi connectivity index (χ0n) is 8.38. The zero-order chi connectivity index (χ0) is 10.7. The Morgan fingerprint density at radius 2 is 1.06 bits per heavy atom. The Morgan fingerprint density at radius 1 is 0.750 bits per heavy atom. The van der Waals surface area contributed by atoms with Crippen LogP contribution in [0, 0.1) is 0 Å². The van der Waals surface area contributed by atoms with Gasteiger partial charge in [-0.25, -0.2) is 0 Å². The third kappa shape index (κ3) is 2.63. The standard InChI is InChI=1S/C12H11O2P.Cu/c13-15(14,11-7-3-1-4-8-11)12-9-5-2-6-10-12;/h1-10H,(H,13,14);. The molecule has 0 aliphatic carbocycles. The number of rotatable bonds is 2. The van der Waals surface area contributed by atoms with E-state index >= 15 is 0 Å². The van der Waals surface area contributed by atoms with Crippen LogP contribution < -0.4 is 10.6 Å². The summed E-state index contributed by atoms with van der Waals surface area (Å²) in [6.45, 7) is 0. The first-order chi connectivity index (χ1) is 7.21. The van der Waals surface area contributed by atoms with Gasteiger partial charge in [-0.3, -0.25) is 4.57 Å². The molecule has 2 rings (SSSR count). The molecule has 0 unspecified atom stereocenters. The molecule has 0 saturated heterocycles. The molecule has 0 aromatic heterocycles. The van der Waals surface area contributed by atoms with Crippen molar-refractivity contribution in [1.82, 2.24) is 0 Å². The average molecular weight is 282 g/mol. The van der Waals surface area contributed by atoms with Gasteiger partial charge < -0.3 is 4.89 Å². The topological polar surface area (TPSA) is 37.3 Å². The Bertz CT molecular complexity index is 441. The van der Waals surface area contributed by atoms with Crippen LogP contribution in [-0.4, -0.2) is 4.89 Å². The van der Waals surface area contributed by atoms with Crippen molar-refractivity contribution >= 4 is 18.0 Å². The van der Waals surface area contributed by atoms with Crippen LogP contribution >= 0.6 is 7.37 Å². The molecular formula is C12H11CuO2P. The molecule has 16 heavy (non-hydrogen) atoms. The monoisotopic (exact) mass is 281 g/mol. The van der Waals surface area contributed by atoms with Gasteiger partial charge in [-0.2, -0.15) is 0 Å². The fraction of sp³-hybridized carbons (Fsp3) is 0. The van der Waals surface area contributed by atoms with Gasteiger partial charge in [0.2, 0.25) is 0 Å². The first-order valence-corrected chi connectivity index (χ1v) is 6.31. The van der Waals surface area contributed by atoms with E-state index in [0.29, 0.717) is 10.6 Å². The van der Waals surface area contributed by atoms with Crippen LogP contribution in [0.15, 0.2) is 60.7 Å². The minimum Gasteiger partial charge on any atom is -0.338 e. The summed E-state index contributed by atoms with van der Waals surface area (Å²) < 4.78 is 12.2. The Balaban J connectivity index is 0.00000128. The van der Waals surface area contributed by atoms with Gasteiger partial charge in [-0.15, -0.1) is 0 Å². The molecule has 0 heterocycles. The molecule has 0 bridgehead atoms. The molecular weight excluding hydrogens is 271 g/mol. The Hall–Kier alpha value is -0.851. The van der Waals surface area contributed by atoms with Gasteiger partial charge in [0.05, 0.1) is 0 Å². The van der Waals surface area contributed by atoms with Crippen molar-refractivity contribution in [3.63, 3.8) is 0 Å². The van der Waals surface area contributed by atoms with Crippen LogP contribution in [-0.2, 0) is 21.6 Å². The second kappa shape index (κ2) is 5.47. The Labute approximate surface area is 105 Å². The van der Waals surface area contributed by atoms with Gasteiger partial charge >= 0.3 is 0 Å². The van der Waals surface area contributed by atoms with Crippen molar-refractivity contribution in [3.05, 3.63) is 60.7 Å². The molecule has 0 aliphatic heterocycles. The van der Waals surface area contributed by atoms with E-state index in [0.717, 1.165) is 0 Å². The normalized spacial score (nSPS) is 10.6. The summed E-state index contributed by atoms with van der Waals surface area (Å²) in [5.41, 5.74) is 0. The fourth-order valence-electron chi connectivity index (χ4n) is 1.41. The maximum atomic E-state index is 12.2. The summed E-state index contributed by atoms with van der Waals surface area (Å²) in [4.78, 5) is 10.0. The van der Waals surface area contributed by atoms with E-state index in [1.807, 2.05) is 12.1 Å².